The van der Waals surface area contributed by atoms with Gasteiger partial charge in [-0.05, 0) is 61.7 Å². The molecule has 5 rings (SSSR count). The monoisotopic (exact) mass is 464 g/mol. The van der Waals surface area contributed by atoms with E-state index in [1.54, 1.807) is 0 Å². The van der Waals surface area contributed by atoms with Crippen LogP contribution in [0.15, 0.2) is 48.7 Å². The molecule has 2 aromatic rings. The number of unbranched alkanes of at least 4 members (excludes halogenated alkanes) is 1. The van der Waals surface area contributed by atoms with Crippen molar-refractivity contribution in [1.29, 1.82) is 0 Å². The highest BCUT2D eigenvalue weighted by Crippen LogP contribution is 2.48. The molecule has 1 spiro atoms. The van der Waals surface area contributed by atoms with Gasteiger partial charge in [0.25, 0.3) is 5.24 Å². The highest BCUT2D eigenvalue weighted by Gasteiger charge is 2.53. The van der Waals surface area contributed by atoms with Gasteiger partial charge in [0.1, 0.15) is 10.6 Å². The minimum atomic E-state index is -0.419. The van der Waals surface area contributed by atoms with Crippen molar-refractivity contribution in [2.24, 2.45) is 0 Å². The number of benzene rings is 1. The maximum absolute atomic E-state index is 12.8. The van der Waals surface area contributed by atoms with Crippen LogP contribution in [-0.2, 0) is 4.79 Å². The summed E-state index contributed by atoms with van der Waals surface area (Å²) in [6.07, 6.45) is 7.63. The molecule has 1 aliphatic carbocycles. The maximum Gasteiger partial charge on any atom is 0.289 e. The van der Waals surface area contributed by atoms with Crippen molar-refractivity contribution in [2.75, 3.05) is 44.2 Å². The van der Waals surface area contributed by atoms with E-state index in [4.69, 9.17) is 4.98 Å². The van der Waals surface area contributed by atoms with Crippen LogP contribution in [0.3, 0.4) is 0 Å². The zero-order valence-corrected chi connectivity index (χ0v) is 19.9. The molecule has 0 unspecified atom stereocenters. The van der Waals surface area contributed by atoms with Gasteiger partial charge in [-0.15, -0.1) is 0 Å². The molecule has 0 N–H and O–H groups in total. The van der Waals surface area contributed by atoms with Crippen LogP contribution >= 0.6 is 11.8 Å². The number of rotatable bonds is 7. The van der Waals surface area contributed by atoms with Gasteiger partial charge >= 0.3 is 0 Å². The van der Waals surface area contributed by atoms with Gasteiger partial charge < -0.3 is 4.90 Å². The largest absolute Gasteiger partial charge is 0.354 e. The van der Waals surface area contributed by atoms with Crippen LogP contribution in [0.25, 0.3) is 11.1 Å². The fourth-order valence-corrected chi connectivity index (χ4v) is 6.64. The van der Waals surface area contributed by atoms with Crippen LogP contribution in [0.5, 0.6) is 0 Å². The lowest BCUT2D eigenvalue weighted by atomic mass is 10.1. The Morgan fingerprint density at radius 2 is 1.61 bits per heavy atom. The molecule has 2 amide bonds. The molecule has 7 heteroatoms. The molecule has 0 atom stereocenters. The fourth-order valence-electron chi connectivity index (χ4n) is 5.33. The first-order valence-corrected chi connectivity index (χ1v) is 13.0. The Morgan fingerprint density at radius 3 is 2.36 bits per heavy atom. The Bertz CT molecular complexity index is 985. The van der Waals surface area contributed by atoms with Gasteiger partial charge in [0.05, 0.1) is 0 Å². The fraction of sp³-hybridized carbons (Fsp3) is 0.500. The van der Waals surface area contributed by atoms with Crippen molar-refractivity contribution >= 4 is 28.7 Å². The van der Waals surface area contributed by atoms with E-state index in [0.717, 1.165) is 77.1 Å². The zero-order chi connectivity index (χ0) is 22.7. The van der Waals surface area contributed by atoms with Crippen LogP contribution in [0.1, 0.15) is 38.5 Å². The standard InChI is InChI=1S/C26H32N4O2S/c31-24-26(12-4-5-13-26)33-25(32)30(24)16-7-6-15-28-17-19-29(20-18-28)23-22(11-8-14-27-23)21-9-2-1-3-10-21/h1-3,8-11,14H,4-7,12-13,15-20H2. The SMILES string of the molecule is O=C1SC2(CCCC2)C(=O)N1CCCCN1CCN(c2ncccc2-c2ccccc2)CC1. The number of carbonyl (C=O) groups is 2. The van der Waals surface area contributed by atoms with Crippen molar-refractivity contribution in [2.45, 2.75) is 43.3 Å². The smallest absolute Gasteiger partial charge is 0.289 e. The summed E-state index contributed by atoms with van der Waals surface area (Å²) in [6, 6.07) is 14.6. The Morgan fingerprint density at radius 1 is 0.879 bits per heavy atom. The summed E-state index contributed by atoms with van der Waals surface area (Å²) in [5.41, 5.74) is 2.39. The lowest BCUT2D eigenvalue weighted by Crippen LogP contribution is -2.47. The van der Waals surface area contributed by atoms with Crippen LogP contribution in [0.4, 0.5) is 10.6 Å². The molecular weight excluding hydrogens is 432 g/mol. The molecular formula is C26H32N4O2S. The first kappa shape index (κ1) is 22.4. The molecule has 0 bridgehead atoms. The van der Waals surface area contributed by atoms with Gasteiger partial charge in [-0.25, -0.2) is 4.98 Å². The Kier molecular flexibility index (Phi) is 6.69. The van der Waals surface area contributed by atoms with Crippen molar-refractivity contribution in [3.05, 3.63) is 48.7 Å². The Hall–Kier alpha value is -2.38. The van der Waals surface area contributed by atoms with Crippen molar-refractivity contribution in [3.8, 4) is 11.1 Å². The van der Waals surface area contributed by atoms with Gasteiger partial charge in [-0.1, -0.05) is 43.2 Å². The Labute approximate surface area is 200 Å². The highest BCUT2D eigenvalue weighted by molar-refractivity contribution is 8.16. The van der Waals surface area contributed by atoms with E-state index in [2.05, 4.69) is 40.1 Å². The minimum absolute atomic E-state index is 0.0277. The Balaban J connectivity index is 1.09. The predicted molar refractivity (Wildman–Crippen MR) is 133 cm³/mol. The predicted octanol–water partition coefficient (Wildman–Crippen LogP) is 4.66. The summed E-state index contributed by atoms with van der Waals surface area (Å²) < 4.78 is -0.419. The average molecular weight is 465 g/mol. The number of piperazine rings is 1. The van der Waals surface area contributed by atoms with E-state index >= 15 is 0 Å². The number of pyridine rings is 1. The number of nitrogens with zero attached hydrogens (tertiary/aromatic N) is 4. The zero-order valence-electron chi connectivity index (χ0n) is 19.1. The molecule has 2 saturated heterocycles. The maximum atomic E-state index is 12.8. The molecule has 0 radical (unpaired) electrons. The molecule has 1 aromatic heterocycles. The first-order valence-electron chi connectivity index (χ1n) is 12.2. The van der Waals surface area contributed by atoms with E-state index in [0.29, 0.717) is 6.54 Å². The van der Waals surface area contributed by atoms with Crippen molar-refractivity contribution in [1.82, 2.24) is 14.8 Å². The molecule has 174 valence electrons. The number of hydrogen-bond acceptors (Lipinski definition) is 6. The number of thioether (sulfide) groups is 1. The summed E-state index contributed by atoms with van der Waals surface area (Å²) in [6.45, 7) is 5.51. The summed E-state index contributed by atoms with van der Waals surface area (Å²) in [5, 5.41) is -0.0277. The van der Waals surface area contributed by atoms with Crippen molar-refractivity contribution in [3.63, 3.8) is 0 Å². The molecule has 6 nitrogen and oxygen atoms in total. The molecule has 3 aliphatic rings. The number of carbonyl (C=O) groups excluding carboxylic acids is 2. The average Bonchev–Trinajstić information content (AvgIpc) is 3.42. The number of anilines is 1. The minimum Gasteiger partial charge on any atom is -0.354 e. The molecule has 33 heavy (non-hydrogen) atoms. The molecule has 1 saturated carbocycles. The highest BCUT2D eigenvalue weighted by atomic mass is 32.2. The molecule has 1 aromatic carbocycles. The summed E-state index contributed by atoms with van der Waals surface area (Å²) in [7, 11) is 0. The molecule has 3 heterocycles. The number of aromatic nitrogens is 1. The van der Waals surface area contributed by atoms with Crippen LogP contribution in [0.2, 0.25) is 0 Å². The van der Waals surface area contributed by atoms with E-state index in [1.165, 1.54) is 27.8 Å². The second kappa shape index (κ2) is 9.85. The van der Waals surface area contributed by atoms with Gasteiger partial charge in [0, 0.05) is 44.5 Å². The van der Waals surface area contributed by atoms with Crippen LogP contribution < -0.4 is 4.90 Å². The van der Waals surface area contributed by atoms with E-state index < -0.39 is 4.75 Å². The summed E-state index contributed by atoms with van der Waals surface area (Å²) in [4.78, 5) is 36.3. The lowest BCUT2D eigenvalue weighted by molar-refractivity contribution is -0.129. The van der Waals surface area contributed by atoms with Gasteiger partial charge in [-0.2, -0.15) is 0 Å². The third-order valence-corrected chi connectivity index (χ3v) is 8.57. The molecule has 3 fully saturated rings. The topological polar surface area (TPSA) is 56.8 Å². The third kappa shape index (κ3) is 4.66. The van der Waals surface area contributed by atoms with Crippen molar-refractivity contribution < 1.29 is 9.59 Å². The van der Waals surface area contributed by atoms with Crippen LogP contribution in [0, 0.1) is 0 Å². The third-order valence-electron chi connectivity index (χ3n) is 7.20. The van der Waals surface area contributed by atoms with E-state index in [9.17, 15) is 9.59 Å². The van der Waals surface area contributed by atoms with Gasteiger partial charge in [0.2, 0.25) is 5.91 Å². The van der Waals surface area contributed by atoms with Crippen LogP contribution in [-0.4, -0.2) is 69.9 Å². The summed E-state index contributed by atoms with van der Waals surface area (Å²) >= 11 is 1.29. The van der Waals surface area contributed by atoms with Gasteiger partial charge in [-0.3, -0.25) is 19.4 Å². The number of imide groups is 1. The first-order chi connectivity index (χ1) is 16.2. The van der Waals surface area contributed by atoms with Gasteiger partial charge in [0.15, 0.2) is 0 Å². The second-order valence-corrected chi connectivity index (χ2v) is 10.6. The number of amides is 2. The normalized spacial score (nSPS) is 20.8. The second-order valence-electron chi connectivity index (χ2n) is 9.30. The quantitative estimate of drug-likeness (QED) is 0.556. The summed E-state index contributed by atoms with van der Waals surface area (Å²) in [5.74, 6) is 1.14. The lowest BCUT2D eigenvalue weighted by Gasteiger charge is -2.36. The van der Waals surface area contributed by atoms with E-state index in [1.807, 2.05) is 18.3 Å². The molecule has 2 aliphatic heterocycles. The number of hydrogen-bond donors (Lipinski definition) is 0. The van der Waals surface area contributed by atoms with E-state index in [-0.39, 0.29) is 11.1 Å².